The fourth-order valence-electron chi connectivity index (χ4n) is 2.27. The highest BCUT2D eigenvalue weighted by Crippen LogP contribution is 2.17. The predicted molar refractivity (Wildman–Crippen MR) is 81.3 cm³/mol. The zero-order valence-corrected chi connectivity index (χ0v) is 11.9. The molecular formula is C18H17NO2. The van der Waals surface area contributed by atoms with Crippen molar-refractivity contribution in [1.29, 1.82) is 5.26 Å². The van der Waals surface area contributed by atoms with Gasteiger partial charge in [-0.2, -0.15) is 5.26 Å². The molecule has 0 fully saturated rings. The van der Waals surface area contributed by atoms with Crippen LogP contribution in [0, 0.1) is 11.3 Å². The SMILES string of the molecule is CC(C#N)c1ccc(CCc2ccccc2C(=O)O)cc1. The van der Waals surface area contributed by atoms with Gasteiger partial charge >= 0.3 is 5.97 Å². The lowest BCUT2D eigenvalue weighted by atomic mass is 9.97. The maximum absolute atomic E-state index is 11.2. The average molecular weight is 279 g/mol. The van der Waals surface area contributed by atoms with E-state index in [4.69, 9.17) is 10.4 Å². The number of nitrogens with zero attached hydrogens (tertiary/aromatic N) is 1. The van der Waals surface area contributed by atoms with E-state index in [1.54, 1.807) is 12.1 Å². The second kappa shape index (κ2) is 6.71. The van der Waals surface area contributed by atoms with E-state index in [9.17, 15) is 4.79 Å². The molecule has 3 nitrogen and oxygen atoms in total. The molecule has 0 aromatic heterocycles. The molecule has 0 radical (unpaired) electrons. The third kappa shape index (κ3) is 3.70. The molecule has 2 rings (SSSR count). The minimum atomic E-state index is -0.885. The summed E-state index contributed by atoms with van der Waals surface area (Å²) < 4.78 is 0. The molecule has 0 amide bonds. The van der Waals surface area contributed by atoms with Crippen molar-refractivity contribution >= 4 is 5.97 Å². The number of carboxylic acid groups (broad SMARTS) is 1. The molecule has 3 heteroatoms. The number of aromatic carboxylic acids is 1. The van der Waals surface area contributed by atoms with Gasteiger partial charge in [0.2, 0.25) is 0 Å². The smallest absolute Gasteiger partial charge is 0.335 e. The summed E-state index contributed by atoms with van der Waals surface area (Å²) in [5.41, 5.74) is 3.36. The van der Waals surface area contributed by atoms with Crippen LogP contribution in [-0.2, 0) is 12.8 Å². The minimum absolute atomic E-state index is 0.105. The van der Waals surface area contributed by atoms with Crippen LogP contribution in [0.25, 0.3) is 0 Å². The Morgan fingerprint density at radius 2 is 1.81 bits per heavy atom. The number of hydrogen-bond acceptors (Lipinski definition) is 2. The van der Waals surface area contributed by atoms with Gasteiger partial charge in [-0.25, -0.2) is 4.79 Å². The van der Waals surface area contributed by atoms with Crippen LogP contribution in [0.15, 0.2) is 48.5 Å². The Morgan fingerprint density at radius 1 is 1.14 bits per heavy atom. The lowest BCUT2D eigenvalue weighted by Crippen LogP contribution is -2.03. The van der Waals surface area contributed by atoms with Gasteiger partial charge in [0.15, 0.2) is 0 Å². The summed E-state index contributed by atoms with van der Waals surface area (Å²) in [7, 11) is 0. The molecule has 0 aliphatic rings. The molecule has 2 aromatic rings. The van der Waals surface area contributed by atoms with Crippen molar-refractivity contribution in [2.24, 2.45) is 0 Å². The molecular weight excluding hydrogens is 262 g/mol. The van der Waals surface area contributed by atoms with Gasteiger partial charge in [0, 0.05) is 0 Å². The fourth-order valence-corrected chi connectivity index (χ4v) is 2.27. The van der Waals surface area contributed by atoms with Gasteiger partial charge < -0.3 is 5.11 Å². The summed E-state index contributed by atoms with van der Waals surface area (Å²) in [5, 5.41) is 18.0. The monoisotopic (exact) mass is 279 g/mol. The van der Waals surface area contributed by atoms with Crippen molar-refractivity contribution in [2.45, 2.75) is 25.7 Å². The molecule has 0 bridgehead atoms. The number of benzene rings is 2. The minimum Gasteiger partial charge on any atom is -0.478 e. The summed E-state index contributed by atoms with van der Waals surface area (Å²) >= 11 is 0. The van der Waals surface area contributed by atoms with Crippen LogP contribution in [0.3, 0.4) is 0 Å². The number of hydrogen-bond donors (Lipinski definition) is 1. The van der Waals surface area contributed by atoms with Crippen LogP contribution in [0.2, 0.25) is 0 Å². The van der Waals surface area contributed by atoms with Crippen molar-refractivity contribution in [3.63, 3.8) is 0 Å². The summed E-state index contributed by atoms with van der Waals surface area (Å²) in [6.07, 6.45) is 1.47. The molecule has 0 saturated carbocycles. The molecule has 0 aliphatic carbocycles. The average Bonchev–Trinajstić information content (AvgIpc) is 2.52. The molecule has 0 spiro atoms. The summed E-state index contributed by atoms with van der Waals surface area (Å²) in [6, 6.07) is 17.2. The van der Waals surface area contributed by atoms with Gasteiger partial charge in [-0.3, -0.25) is 0 Å². The topological polar surface area (TPSA) is 61.1 Å². The van der Waals surface area contributed by atoms with E-state index in [1.165, 1.54) is 0 Å². The molecule has 0 heterocycles. The van der Waals surface area contributed by atoms with Crippen molar-refractivity contribution < 1.29 is 9.90 Å². The van der Waals surface area contributed by atoms with E-state index in [2.05, 4.69) is 6.07 Å². The first kappa shape index (κ1) is 14.8. The van der Waals surface area contributed by atoms with E-state index < -0.39 is 5.97 Å². The number of rotatable bonds is 5. The molecule has 1 unspecified atom stereocenters. The van der Waals surface area contributed by atoms with E-state index in [0.717, 1.165) is 23.1 Å². The Balaban J connectivity index is 2.07. The number of carbonyl (C=O) groups is 1. The van der Waals surface area contributed by atoms with Crippen LogP contribution in [-0.4, -0.2) is 11.1 Å². The first-order valence-electron chi connectivity index (χ1n) is 6.91. The van der Waals surface area contributed by atoms with Crippen molar-refractivity contribution in [1.82, 2.24) is 0 Å². The standard InChI is InChI=1S/C18H17NO2/c1-13(12-19)15-9-6-14(7-10-15)8-11-16-4-2-3-5-17(16)18(20)21/h2-7,9-10,13H,8,11H2,1H3,(H,20,21). The van der Waals surface area contributed by atoms with Gasteiger partial charge in [-0.1, -0.05) is 42.5 Å². The first-order valence-corrected chi connectivity index (χ1v) is 6.91. The Labute approximate surface area is 124 Å². The van der Waals surface area contributed by atoms with Crippen molar-refractivity contribution in [2.75, 3.05) is 0 Å². The van der Waals surface area contributed by atoms with Gasteiger partial charge in [-0.15, -0.1) is 0 Å². The third-order valence-corrected chi connectivity index (χ3v) is 3.60. The fraction of sp³-hybridized carbons (Fsp3) is 0.222. The van der Waals surface area contributed by atoms with Gasteiger partial charge in [0.1, 0.15) is 0 Å². The van der Waals surface area contributed by atoms with Crippen LogP contribution in [0.4, 0.5) is 0 Å². The quantitative estimate of drug-likeness (QED) is 0.905. The van der Waals surface area contributed by atoms with E-state index in [-0.39, 0.29) is 5.92 Å². The Bertz CT molecular complexity index is 668. The molecule has 106 valence electrons. The maximum Gasteiger partial charge on any atom is 0.335 e. The van der Waals surface area contributed by atoms with Crippen LogP contribution in [0.5, 0.6) is 0 Å². The summed E-state index contributed by atoms with van der Waals surface area (Å²) in [5.74, 6) is -0.990. The first-order chi connectivity index (χ1) is 10.1. The zero-order valence-electron chi connectivity index (χ0n) is 11.9. The predicted octanol–water partition coefficient (Wildman–Crippen LogP) is 3.80. The van der Waals surface area contributed by atoms with Gasteiger partial charge in [0.25, 0.3) is 0 Å². The number of carboxylic acids is 1. The van der Waals surface area contributed by atoms with E-state index in [0.29, 0.717) is 12.0 Å². The lowest BCUT2D eigenvalue weighted by Gasteiger charge is -2.07. The highest BCUT2D eigenvalue weighted by Gasteiger charge is 2.09. The maximum atomic E-state index is 11.2. The van der Waals surface area contributed by atoms with Crippen LogP contribution in [0.1, 0.15) is 39.9 Å². The zero-order chi connectivity index (χ0) is 15.2. The molecule has 1 atom stereocenters. The molecule has 2 aromatic carbocycles. The molecule has 1 N–H and O–H groups in total. The van der Waals surface area contributed by atoms with E-state index >= 15 is 0 Å². The van der Waals surface area contributed by atoms with Gasteiger partial charge in [-0.05, 0) is 42.5 Å². The van der Waals surface area contributed by atoms with Crippen molar-refractivity contribution in [3.05, 3.63) is 70.8 Å². The van der Waals surface area contributed by atoms with Crippen molar-refractivity contribution in [3.8, 4) is 6.07 Å². The number of aryl methyl sites for hydroxylation is 2. The Kier molecular flexibility index (Phi) is 4.73. The second-order valence-corrected chi connectivity index (χ2v) is 5.05. The third-order valence-electron chi connectivity index (χ3n) is 3.60. The summed E-state index contributed by atoms with van der Waals surface area (Å²) in [4.78, 5) is 11.2. The lowest BCUT2D eigenvalue weighted by molar-refractivity contribution is 0.0695. The highest BCUT2D eigenvalue weighted by molar-refractivity contribution is 5.89. The van der Waals surface area contributed by atoms with Gasteiger partial charge in [0.05, 0.1) is 17.6 Å². The molecule has 21 heavy (non-hydrogen) atoms. The molecule has 0 aliphatic heterocycles. The largest absolute Gasteiger partial charge is 0.478 e. The summed E-state index contributed by atoms with van der Waals surface area (Å²) in [6.45, 7) is 1.87. The van der Waals surface area contributed by atoms with Crippen LogP contribution < -0.4 is 0 Å². The second-order valence-electron chi connectivity index (χ2n) is 5.05. The highest BCUT2D eigenvalue weighted by atomic mass is 16.4. The van der Waals surface area contributed by atoms with Crippen LogP contribution >= 0.6 is 0 Å². The number of nitriles is 1. The molecule has 0 saturated heterocycles. The van der Waals surface area contributed by atoms with E-state index in [1.807, 2.05) is 43.3 Å². The Hall–Kier alpha value is -2.60. The Morgan fingerprint density at radius 3 is 2.43 bits per heavy atom. The normalized spacial score (nSPS) is 11.6.